The van der Waals surface area contributed by atoms with Gasteiger partial charge in [0.15, 0.2) is 0 Å². The van der Waals surface area contributed by atoms with E-state index in [1.807, 2.05) is 24.4 Å². The summed E-state index contributed by atoms with van der Waals surface area (Å²) in [7, 11) is 0. The molecule has 1 aliphatic heterocycles. The Balaban J connectivity index is 2.09. The van der Waals surface area contributed by atoms with Gasteiger partial charge >= 0.3 is 0 Å². The van der Waals surface area contributed by atoms with Crippen molar-refractivity contribution in [3.63, 3.8) is 0 Å². The molecule has 1 N–H and O–H groups in total. The minimum absolute atomic E-state index is 0.646. The number of nitrogens with zero attached hydrogens (tertiary/aromatic N) is 2. The maximum Gasteiger partial charge on any atom is 0.237 e. The lowest BCUT2D eigenvalue weighted by atomic mass is 10.1. The van der Waals surface area contributed by atoms with Crippen molar-refractivity contribution >= 4 is 27.7 Å². The molecule has 0 saturated heterocycles. The summed E-state index contributed by atoms with van der Waals surface area (Å²) in [4.78, 5) is 12.1. The second-order valence-corrected chi connectivity index (χ2v) is 4.29. The second kappa shape index (κ2) is 3.57. The smallest absolute Gasteiger partial charge is 0.237 e. The summed E-state index contributed by atoms with van der Waals surface area (Å²) in [6, 6.07) is 10.3. The van der Waals surface area contributed by atoms with E-state index in [0.29, 0.717) is 19.0 Å². The fourth-order valence-electron chi connectivity index (χ4n) is 2.41. The zero-order chi connectivity index (χ0) is 11.9. The van der Waals surface area contributed by atoms with E-state index in [0.717, 1.165) is 22.1 Å². The maximum absolute atomic E-state index is 5.51. The zero-order valence-corrected chi connectivity index (χ0v) is 9.68. The Labute approximate surface area is 103 Å². The van der Waals surface area contributed by atoms with Gasteiger partial charge in [-0.25, -0.2) is 9.98 Å². The van der Waals surface area contributed by atoms with Crippen molar-refractivity contribution < 1.29 is 4.74 Å². The van der Waals surface area contributed by atoms with Gasteiger partial charge < -0.3 is 9.72 Å². The van der Waals surface area contributed by atoms with Crippen LogP contribution in [0.5, 0.6) is 0 Å². The Hall–Kier alpha value is -2.36. The normalized spacial score (nSPS) is 15.0. The predicted octanol–water partition coefficient (Wildman–Crippen LogP) is 2.49. The third-order valence-electron chi connectivity index (χ3n) is 3.22. The minimum atomic E-state index is 0.646. The molecule has 18 heavy (non-hydrogen) atoms. The van der Waals surface area contributed by atoms with Crippen LogP contribution >= 0.6 is 0 Å². The number of pyridine rings is 1. The van der Waals surface area contributed by atoms with E-state index in [1.165, 1.54) is 5.39 Å². The lowest BCUT2D eigenvalue weighted by Gasteiger charge is -2.01. The average molecular weight is 237 g/mol. The molecular weight excluding hydrogens is 226 g/mol. The van der Waals surface area contributed by atoms with Crippen LogP contribution in [-0.2, 0) is 4.74 Å². The monoisotopic (exact) mass is 237 g/mol. The Kier molecular flexibility index (Phi) is 1.91. The number of fused-ring (bicyclic) bond motifs is 3. The third kappa shape index (κ3) is 1.26. The van der Waals surface area contributed by atoms with E-state index in [1.54, 1.807) is 0 Å². The molecule has 0 spiro atoms. The maximum atomic E-state index is 5.51. The molecular formula is C14H11N3O. The summed E-state index contributed by atoms with van der Waals surface area (Å²) in [6.07, 6.45) is 1.81. The van der Waals surface area contributed by atoms with Gasteiger partial charge in [0.25, 0.3) is 0 Å². The van der Waals surface area contributed by atoms with Gasteiger partial charge in [-0.3, -0.25) is 0 Å². The van der Waals surface area contributed by atoms with Gasteiger partial charge in [0.1, 0.15) is 12.3 Å². The molecule has 4 rings (SSSR count). The Bertz CT molecular complexity index is 773. The van der Waals surface area contributed by atoms with Crippen molar-refractivity contribution in [3.05, 3.63) is 42.2 Å². The van der Waals surface area contributed by atoms with Crippen LogP contribution in [0.4, 0.5) is 0 Å². The van der Waals surface area contributed by atoms with E-state index >= 15 is 0 Å². The van der Waals surface area contributed by atoms with Crippen LogP contribution in [0.15, 0.2) is 41.5 Å². The molecule has 1 aliphatic rings. The van der Waals surface area contributed by atoms with Gasteiger partial charge in [-0.1, -0.05) is 18.2 Å². The molecule has 0 bridgehead atoms. The Morgan fingerprint density at radius 3 is 2.94 bits per heavy atom. The molecule has 88 valence electrons. The first kappa shape index (κ1) is 9.65. The van der Waals surface area contributed by atoms with Gasteiger partial charge in [-0.05, 0) is 12.1 Å². The number of para-hydroxylation sites is 1. The number of hydrogen-bond acceptors (Lipinski definition) is 3. The van der Waals surface area contributed by atoms with Crippen LogP contribution in [0.2, 0.25) is 0 Å². The third-order valence-corrected chi connectivity index (χ3v) is 3.22. The van der Waals surface area contributed by atoms with Crippen molar-refractivity contribution in [1.82, 2.24) is 9.97 Å². The fourth-order valence-corrected chi connectivity index (χ4v) is 2.41. The molecule has 2 aromatic heterocycles. The summed E-state index contributed by atoms with van der Waals surface area (Å²) in [5.41, 5.74) is 2.92. The highest BCUT2D eigenvalue weighted by atomic mass is 16.5. The Morgan fingerprint density at radius 1 is 1.11 bits per heavy atom. The first-order chi connectivity index (χ1) is 8.93. The number of nitrogens with one attached hydrogen (secondary N) is 1. The highest BCUT2D eigenvalue weighted by Gasteiger charge is 2.17. The lowest BCUT2D eigenvalue weighted by Crippen LogP contribution is -2.04. The molecule has 0 atom stereocenters. The van der Waals surface area contributed by atoms with Crippen LogP contribution in [0.25, 0.3) is 21.8 Å². The molecule has 3 aromatic rings. The van der Waals surface area contributed by atoms with Crippen LogP contribution in [0, 0.1) is 0 Å². The number of hydrogen-bond donors (Lipinski definition) is 1. The highest BCUT2D eigenvalue weighted by molar-refractivity contribution is 6.13. The van der Waals surface area contributed by atoms with E-state index in [9.17, 15) is 0 Å². The lowest BCUT2D eigenvalue weighted by molar-refractivity contribution is 0.347. The quantitative estimate of drug-likeness (QED) is 0.707. The zero-order valence-electron chi connectivity index (χ0n) is 9.68. The van der Waals surface area contributed by atoms with Crippen LogP contribution in [0.3, 0.4) is 0 Å². The van der Waals surface area contributed by atoms with Crippen molar-refractivity contribution in [2.45, 2.75) is 0 Å². The molecule has 1 aromatic carbocycles. The number of rotatable bonds is 1. The first-order valence-electron chi connectivity index (χ1n) is 5.96. The molecule has 4 heteroatoms. The number of H-pyrrole nitrogens is 1. The summed E-state index contributed by atoms with van der Waals surface area (Å²) in [6.45, 7) is 1.36. The van der Waals surface area contributed by atoms with Gasteiger partial charge in [-0.15, -0.1) is 0 Å². The molecule has 3 heterocycles. The predicted molar refractivity (Wildman–Crippen MR) is 71.0 cm³/mol. The van der Waals surface area contributed by atoms with Crippen molar-refractivity contribution in [2.75, 3.05) is 13.2 Å². The molecule has 0 radical (unpaired) electrons. The molecule has 4 nitrogen and oxygen atoms in total. The second-order valence-electron chi connectivity index (χ2n) is 4.29. The van der Waals surface area contributed by atoms with Gasteiger partial charge in [-0.2, -0.15) is 0 Å². The van der Waals surface area contributed by atoms with Crippen molar-refractivity contribution in [3.8, 4) is 0 Å². The minimum Gasteiger partial charge on any atom is -0.474 e. The van der Waals surface area contributed by atoms with E-state index in [4.69, 9.17) is 4.74 Å². The SMILES string of the molecule is c1ccc2c(c1)[nH]c1c(C3=NCCO3)nccc12. The topological polar surface area (TPSA) is 50.3 Å². The van der Waals surface area contributed by atoms with Crippen molar-refractivity contribution in [1.29, 1.82) is 0 Å². The van der Waals surface area contributed by atoms with E-state index < -0.39 is 0 Å². The number of aliphatic imine (C=N–C) groups is 1. The number of aromatic amines is 1. The molecule has 0 unspecified atom stereocenters. The first-order valence-corrected chi connectivity index (χ1v) is 5.96. The molecule has 0 aliphatic carbocycles. The molecule has 0 saturated carbocycles. The number of aromatic nitrogens is 2. The average Bonchev–Trinajstić information content (AvgIpc) is 3.05. The standard InChI is InChI=1S/C14H11N3O/c1-2-4-11-9(3-1)10-5-6-15-13(12(10)17-11)14-16-7-8-18-14/h1-6,17H,7-8H2. The highest BCUT2D eigenvalue weighted by Crippen LogP contribution is 2.27. The van der Waals surface area contributed by atoms with Crippen LogP contribution in [-0.4, -0.2) is 29.0 Å². The number of benzene rings is 1. The summed E-state index contributed by atoms with van der Waals surface area (Å²) >= 11 is 0. The van der Waals surface area contributed by atoms with Crippen molar-refractivity contribution in [2.24, 2.45) is 4.99 Å². The summed E-state index contributed by atoms with van der Waals surface area (Å²) in [5, 5.41) is 2.36. The fraction of sp³-hybridized carbons (Fsp3) is 0.143. The largest absolute Gasteiger partial charge is 0.474 e. The van der Waals surface area contributed by atoms with E-state index in [2.05, 4.69) is 27.1 Å². The summed E-state index contributed by atoms with van der Waals surface area (Å²) in [5.74, 6) is 0.646. The van der Waals surface area contributed by atoms with Gasteiger partial charge in [0, 0.05) is 22.5 Å². The Morgan fingerprint density at radius 2 is 2.06 bits per heavy atom. The molecule has 0 amide bonds. The molecule has 0 fully saturated rings. The van der Waals surface area contributed by atoms with Crippen LogP contribution < -0.4 is 0 Å². The van der Waals surface area contributed by atoms with Crippen LogP contribution in [0.1, 0.15) is 5.69 Å². The van der Waals surface area contributed by atoms with E-state index in [-0.39, 0.29) is 0 Å². The van der Waals surface area contributed by atoms with Gasteiger partial charge in [0.05, 0.1) is 12.1 Å². The summed E-state index contributed by atoms with van der Waals surface area (Å²) < 4.78 is 5.51. The van der Waals surface area contributed by atoms with Gasteiger partial charge in [0.2, 0.25) is 5.90 Å². The number of ether oxygens (including phenoxy) is 1.